The number of aliphatic hydroxyl groups is 6. The monoisotopic (exact) mass is 639 g/mol. The van der Waals surface area contributed by atoms with Gasteiger partial charge in [-0.2, -0.15) is 0 Å². The number of aliphatic hydroxyl groups excluding tert-OH is 5. The number of nitrogens with two attached hydrogens (primary N) is 4. The molecule has 1 amide bonds. The second kappa shape index (κ2) is 16.6. The molecule has 15 unspecified atom stereocenters. The average Bonchev–Trinajstić information content (AvgIpc) is 2.98. The highest BCUT2D eigenvalue weighted by Gasteiger charge is 2.52. The van der Waals surface area contributed by atoms with Gasteiger partial charge in [-0.3, -0.25) is 4.79 Å². The number of hydrogen-bond acceptors (Lipinski definition) is 17. The zero-order valence-electron chi connectivity index (χ0n) is 25.3. The van der Waals surface area contributed by atoms with E-state index in [1.807, 2.05) is 0 Å². The van der Waals surface area contributed by atoms with Crippen LogP contribution in [0.2, 0.25) is 0 Å². The lowest BCUT2D eigenvalue weighted by molar-refractivity contribution is -0.307. The molecule has 18 nitrogen and oxygen atoms in total. The van der Waals surface area contributed by atoms with Gasteiger partial charge in [-0.25, -0.2) is 0 Å². The third-order valence-electron chi connectivity index (χ3n) is 8.53. The Morgan fingerprint density at radius 3 is 2.41 bits per heavy atom. The molecule has 0 aromatic heterocycles. The average molecular weight is 640 g/mol. The summed E-state index contributed by atoms with van der Waals surface area (Å²) < 4.78 is 23.9. The third-order valence-corrected chi connectivity index (χ3v) is 8.53. The number of ether oxygens (including phenoxy) is 4. The predicted molar refractivity (Wildman–Crippen MR) is 154 cm³/mol. The number of rotatable bonds is 14. The first kappa shape index (κ1) is 37.3. The topological polar surface area (TPSA) is 316 Å². The minimum atomic E-state index is -1.96. The predicted octanol–water partition coefficient (Wildman–Crippen LogP) is -7.19. The van der Waals surface area contributed by atoms with E-state index in [0.717, 1.165) is 0 Å². The van der Waals surface area contributed by atoms with E-state index in [4.69, 9.17) is 47.0 Å². The maximum atomic E-state index is 12.9. The Hall–Kier alpha value is -1.17. The van der Waals surface area contributed by atoms with Crippen molar-refractivity contribution in [1.29, 1.82) is 0 Å². The molecule has 2 aliphatic heterocycles. The van der Waals surface area contributed by atoms with E-state index in [0.29, 0.717) is 25.9 Å². The van der Waals surface area contributed by atoms with Gasteiger partial charge in [0.05, 0.1) is 37.4 Å². The molecule has 3 fully saturated rings. The Bertz CT molecular complexity index is 895. The molecule has 3 aliphatic rings. The van der Waals surface area contributed by atoms with Crippen molar-refractivity contribution in [3.05, 3.63) is 0 Å². The molecule has 18 heteroatoms. The van der Waals surface area contributed by atoms with Crippen LogP contribution >= 0.6 is 0 Å². The van der Waals surface area contributed by atoms with Gasteiger partial charge in [-0.05, 0) is 33.2 Å². The van der Waals surface area contributed by atoms with E-state index >= 15 is 0 Å². The molecule has 1 saturated carbocycles. The third kappa shape index (κ3) is 9.00. The fraction of sp³-hybridized carbons (Fsp3) is 0.962. The van der Waals surface area contributed by atoms with Gasteiger partial charge in [-0.15, -0.1) is 0 Å². The largest absolute Gasteiger partial charge is 0.395 e. The van der Waals surface area contributed by atoms with Crippen LogP contribution in [0.4, 0.5) is 0 Å². The summed E-state index contributed by atoms with van der Waals surface area (Å²) >= 11 is 0. The van der Waals surface area contributed by atoms with Gasteiger partial charge in [0.25, 0.3) is 5.91 Å². The molecular formula is C26H53N7O11. The summed E-state index contributed by atoms with van der Waals surface area (Å²) in [6.07, 6.45) is -10.4. The summed E-state index contributed by atoms with van der Waals surface area (Å²) in [5.74, 6) is -1.02. The van der Waals surface area contributed by atoms with Crippen LogP contribution in [-0.4, -0.2) is 168 Å². The maximum Gasteiger partial charge on any atom is 0.251 e. The summed E-state index contributed by atoms with van der Waals surface area (Å²) in [6.45, 7) is 1.86. The summed E-state index contributed by atoms with van der Waals surface area (Å²) in [5.41, 5.74) is 22.4. The van der Waals surface area contributed by atoms with Crippen LogP contribution in [0.5, 0.6) is 0 Å². The van der Waals surface area contributed by atoms with Gasteiger partial charge in [0.1, 0.15) is 36.1 Å². The molecule has 1 aliphatic carbocycles. The molecule has 17 N–H and O–H groups in total. The zero-order chi connectivity index (χ0) is 32.8. The van der Waals surface area contributed by atoms with Crippen molar-refractivity contribution < 1.29 is 54.4 Å². The first-order chi connectivity index (χ1) is 20.7. The van der Waals surface area contributed by atoms with Gasteiger partial charge < -0.3 is 88.5 Å². The van der Waals surface area contributed by atoms with Gasteiger partial charge in [0, 0.05) is 31.7 Å². The molecule has 0 aromatic rings. The lowest BCUT2D eigenvalue weighted by Gasteiger charge is -2.49. The SMILES string of the molecule is CNC1C(O)C(OC2C(NC(=O)C(O)C(O)C(N)CN)CC(N)C(OC3OC(CNCCO)CCC3N)C2O)OCC1(C)O. The molecule has 0 aromatic carbocycles. The quantitative estimate of drug-likeness (QED) is 0.0785. The fourth-order valence-electron chi connectivity index (χ4n) is 5.91. The van der Waals surface area contributed by atoms with Gasteiger partial charge in [0.2, 0.25) is 0 Å². The number of hydrogen-bond donors (Lipinski definition) is 13. The second-order valence-corrected chi connectivity index (χ2v) is 12.1. The number of nitrogens with one attached hydrogen (secondary N) is 3. The summed E-state index contributed by atoms with van der Waals surface area (Å²) in [6, 6.07) is -4.45. The summed E-state index contributed by atoms with van der Waals surface area (Å²) in [5, 5.41) is 71.3. The van der Waals surface area contributed by atoms with Crippen LogP contribution in [0, 0.1) is 0 Å². The molecule has 2 heterocycles. The van der Waals surface area contributed by atoms with E-state index in [9.17, 15) is 30.3 Å². The molecule has 44 heavy (non-hydrogen) atoms. The highest BCUT2D eigenvalue weighted by atomic mass is 16.7. The maximum absolute atomic E-state index is 12.9. The number of carbonyl (C=O) groups excluding carboxylic acids is 1. The first-order valence-electron chi connectivity index (χ1n) is 15.0. The molecular weight excluding hydrogens is 586 g/mol. The van der Waals surface area contributed by atoms with Crippen molar-refractivity contribution in [1.82, 2.24) is 16.0 Å². The van der Waals surface area contributed by atoms with Crippen LogP contribution < -0.4 is 38.9 Å². The fourth-order valence-corrected chi connectivity index (χ4v) is 5.91. The number of likely N-dealkylation sites (N-methyl/N-ethyl adjacent to an activating group) is 1. The normalized spacial score (nSPS) is 42.0. The molecule has 3 rings (SSSR count). The van der Waals surface area contributed by atoms with Crippen molar-refractivity contribution >= 4 is 5.91 Å². The van der Waals surface area contributed by atoms with Crippen LogP contribution in [0.3, 0.4) is 0 Å². The Labute approximate surface area is 256 Å². The van der Waals surface area contributed by atoms with Crippen LogP contribution in [-0.2, 0) is 23.7 Å². The Kier molecular flexibility index (Phi) is 14.1. The van der Waals surface area contributed by atoms with Gasteiger partial charge >= 0.3 is 0 Å². The molecule has 2 saturated heterocycles. The van der Waals surface area contributed by atoms with E-state index in [1.165, 1.54) is 6.92 Å². The minimum Gasteiger partial charge on any atom is -0.395 e. The number of carbonyl (C=O) groups is 1. The van der Waals surface area contributed by atoms with E-state index < -0.39 is 90.9 Å². The van der Waals surface area contributed by atoms with E-state index in [2.05, 4.69) is 16.0 Å². The minimum absolute atomic E-state index is 0.0315. The lowest BCUT2D eigenvalue weighted by atomic mass is 9.83. The zero-order valence-corrected chi connectivity index (χ0v) is 25.3. The molecule has 0 spiro atoms. The van der Waals surface area contributed by atoms with Crippen molar-refractivity contribution in [2.24, 2.45) is 22.9 Å². The second-order valence-electron chi connectivity index (χ2n) is 12.1. The summed E-state index contributed by atoms with van der Waals surface area (Å²) in [7, 11) is 1.55. The molecule has 258 valence electrons. The van der Waals surface area contributed by atoms with Crippen molar-refractivity contribution in [2.75, 3.05) is 39.9 Å². The van der Waals surface area contributed by atoms with Crippen LogP contribution in [0.25, 0.3) is 0 Å². The van der Waals surface area contributed by atoms with Crippen molar-refractivity contribution in [3.63, 3.8) is 0 Å². The molecule has 15 atom stereocenters. The first-order valence-corrected chi connectivity index (χ1v) is 15.0. The van der Waals surface area contributed by atoms with Crippen LogP contribution in [0.1, 0.15) is 26.2 Å². The van der Waals surface area contributed by atoms with Gasteiger partial charge in [0.15, 0.2) is 18.7 Å². The Balaban J connectivity index is 1.81. The number of amides is 1. The Morgan fingerprint density at radius 2 is 1.77 bits per heavy atom. The highest BCUT2D eigenvalue weighted by Crippen LogP contribution is 2.32. The van der Waals surface area contributed by atoms with Crippen molar-refractivity contribution in [3.8, 4) is 0 Å². The van der Waals surface area contributed by atoms with Gasteiger partial charge in [-0.1, -0.05) is 0 Å². The molecule has 0 bridgehead atoms. The van der Waals surface area contributed by atoms with E-state index in [1.54, 1.807) is 7.05 Å². The van der Waals surface area contributed by atoms with Crippen molar-refractivity contribution in [2.45, 2.75) is 117 Å². The standard InChI is InChI=1S/C26H53N7O11/c1-26(40)10-41-25(19(38)22(26)31-2)44-21-15(33-23(39)17(36)16(35)14(30)8-27)7-13(29)20(18(21)37)43-24-12(28)4-3-11(42-24)9-32-5-6-34/h11-22,24-25,31-32,34-38,40H,3-10,27-30H2,1-2H3,(H,33,39). The smallest absolute Gasteiger partial charge is 0.251 e. The highest BCUT2D eigenvalue weighted by molar-refractivity contribution is 5.81. The summed E-state index contributed by atoms with van der Waals surface area (Å²) in [4.78, 5) is 12.9. The van der Waals surface area contributed by atoms with E-state index in [-0.39, 0.29) is 32.3 Å². The Morgan fingerprint density at radius 1 is 1.09 bits per heavy atom. The molecule has 0 radical (unpaired) electrons. The lowest BCUT2D eigenvalue weighted by Crippen LogP contribution is -2.70. The van der Waals surface area contributed by atoms with Crippen LogP contribution in [0.15, 0.2) is 0 Å².